The van der Waals surface area contributed by atoms with Gasteiger partial charge in [0.2, 0.25) is 0 Å². The Morgan fingerprint density at radius 3 is 2.44 bits per heavy atom. The van der Waals surface area contributed by atoms with Gasteiger partial charge in [-0.1, -0.05) is 22.0 Å². The number of hydrogen-bond acceptors (Lipinski definition) is 2. The van der Waals surface area contributed by atoms with Crippen LogP contribution in [0, 0.1) is 0 Å². The first-order chi connectivity index (χ1) is 8.39. The number of benzene rings is 1. The van der Waals surface area contributed by atoms with E-state index in [0.717, 1.165) is 6.07 Å². The van der Waals surface area contributed by atoms with E-state index in [-0.39, 0.29) is 10.0 Å². The zero-order valence-corrected chi connectivity index (χ0v) is 11.3. The molecule has 1 unspecified atom stereocenters. The first-order valence-electron chi connectivity index (χ1n) is 4.96. The van der Waals surface area contributed by atoms with Crippen molar-refractivity contribution in [3.63, 3.8) is 0 Å². The molecule has 0 radical (unpaired) electrons. The maximum Gasteiger partial charge on any atom is 0.417 e. The summed E-state index contributed by atoms with van der Waals surface area (Å²) in [5, 5.41) is 13.5. The number of halogens is 4. The van der Waals surface area contributed by atoms with Crippen LogP contribution in [0.2, 0.25) is 0 Å². The SMILES string of the molecule is OC(c1ccsc1)c1ccc(Br)c(C(F)(F)F)c1. The molecule has 1 aromatic carbocycles. The topological polar surface area (TPSA) is 20.2 Å². The summed E-state index contributed by atoms with van der Waals surface area (Å²) in [6, 6.07) is 5.42. The molecule has 0 spiro atoms. The Morgan fingerprint density at radius 1 is 1.17 bits per heavy atom. The molecule has 0 bridgehead atoms. The largest absolute Gasteiger partial charge is 0.417 e. The smallest absolute Gasteiger partial charge is 0.384 e. The van der Waals surface area contributed by atoms with Crippen LogP contribution in [-0.2, 0) is 6.18 Å². The number of aliphatic hydroxyl groups is 1. The summed E-state index contributed by atoms with van der Waals surface area (Å²) in [7, 11) is 0. The molecule has 18 heavy (non-hydrogen) atoms. The van der Waals surface area contributed by atoms with Gasteiger partial charge in [-0.25, -0.2) is 0 Å². The summed E-state index contributed by atoms with van der Waals surface area (Å²) in [5.41, 5.74) is 0.0358. The van der Waals surface area contributed by atoms with E-state index in [2.05, 4.69) is 15.9 Å². The lowest BCUT2D eigenvalue weighted by Crippen LogP contribution is -2.08. The average molecular weight is 337 g/mol. The summed E-state index contributed by atoms with van der Waals surface area (Å²) >= 11 is 4.25. The van der Waals surface area contributed by atoms with Crippen molar-refractivity contribution in [2.75, 3.05) is 0 Å². The Bertz CT molecular complexity index is 537. The molecule has 96 valence electrons. The molecular formula is C12H8BrF3OS. The van der Waals surface area contributed by atoms with Gasteiger partial charge in [0, 0.05) is 4.47 Å². The van der Waals surface area contributed by atoms with Gasteiger partial charge in [-0.2, -0.15) is 24.5 Å². The van der Waals surface area contributed by atoms with Gasteiger partial charge in [0.15, 0.2) is 0 Å². The van der Waals surface area contributed by atoms with Crippen LogP contribution in [0.1, 0.15) is 22.8 Å². The maximum absolute atomic E-state index is 12.7. The van der Waals surface area contributed by atoms with E-state index >= 15 is 0 Å². The van der Waals surface area contributed by atoms with Crippen molar-refractivity contribution in [1.29, 1.82) is 0 Å². The van der Waals surface area contributed by atoms with Crippen LogP contribution in [0.5, 0.6) is 0 Å². The van der Waals surface area contributed by atoms with E-state index < -0.39 is 17.8 Å². The Morgan fingerprint density at radius 2 is 1.89 bits per heavy atom. The fourth-order valence-electron chi connectivity index (χ4n) is 1.55. The fourth-order valence-corrected chi connectivity index (χ4v) is 2.70. The second-order valence-corrected chi connectivity index (χ2v) is 5.33. The zero-order chi connectivity index (χ0) is 13.3. The number of aliphatic hydroxyl groups excluding tert-OH is 1. The van der Waals surface area contributed by atoms with E-state index in [1.807, 2.05) is 0 Å². The highest BCUT2D eigenvalue weighted by molar-refractivity contribution is 9.10. The highest BCUT2D eigenvalue weighted by Crippen LogP contribution is 2.37. The Hall–Kier alpha value is -0.850. The Labute approximate surface area is 114 Å². The first-order valence-corrected chi connectivity index (χ1v) is 6.70. The predicted molar refractivity (Wildman–Crippen MR) is 67.5 cm³/mol. The molecule has 1 atom stereocenters. The monoisotopic (exact) mass is 336 g/mol. The van der Waals surface area contributed by atoms with Gasteiger partial charge in [-0.15, -0.1) is 0 Å². The van der Waals surface area contributed by atoms with Crippen LogP contribution in [0.4, 0.5) is 13.2 Å². The molecule has 1 heterocycles. The number of thiophene rings is 1. The lowest BCUT2D eigenvalue weighted by molar-refractivity contribution is -0.138. The summed E-state index contributed by atoms with van der Waals surface area (Å²) < 4.78 is 38.1. The van der Waals surface area contributed by atoms with Crippen molar-refractivity contribution in [2.45, 2.75) is 12.3 Å². The lowest BCUT2D eigenvalue weighted by atomic mass is 10.0. The van der Waals surface area contributed by atoms with E-state index in [1.54, 1.807) is 16.8 Å². The highest BCUT2D eigenvalue weighted by atomic mass is 79.9. The van der Waals surface area contributed by atoms with Crippen molar-refractivity contribution >= 4 is 27.3 Å². The molecule has 2 rings (SSSR count). The van der Waals surface area contributed by atoms with Gasteiger partial charge < -0.3 is 5.11 Å². The molecule has 1 aromatic heterocycles. The van der Waals surface area contributed by atoms with Crippen molar-refractivity contribution in [3.05, 3.63) is 56.2 Å². The van der Waals surface area contributed by atoms with Crippen LogP contribution in [-0.4, -0.2) is 5.11 Å². The maximum atomic E-state index is 12.7. The third kappa shape index (κ3) is 2.76. The van der Waals surface area contributed by atoms with E-state index in [1.165, 1.54) is 23.5 Å². The molecule has 1 nitrogen and oxygen atoms in total. The van der Waals surface area contributed by atoms with Gasteiger partial charge in [-0.3, -0.25) is 0 Å². The van der Waals surface area contributed by atoms with Crippen LogP contribution in [0.15, 0.2) is 39.5 Å². The van der Waals surface area contributed by atoms with Gasteiger partial charge in [0.1, 0.15) is 6.10 Å². The summed E-state index contributed by atoms with van der Waals surface area (Å²) in [4.78, 5) is 0. The molecule has 0 aliphatic heterocycles. The van der Waals surface area contributed by atoms with Crippen molar-refractivity contribution in [2.24, 2.45) is 0 Å². The summed E-state index contributed by atoms with van der Waals surface area (Å²) in [5.74, 6) is 0. The minimum Gasteiger partial charge on any atom is -0.384 e. The van der Waals surface area contributed by atoms with Crippen LogP contribution >= 0.6 is 27.3 Å². The zero-order valence-electron chi connectivity index (χ0n) is 8.91. The van der Waals surface area contributed by atoms with Gasteiger partial charge >= 0.3 is 6.18 Å². The first kappa shape index (κ1) is 13.6. The molecule has 0 aliphatic carbocycles. The third-order valence-electron chi connectivity index (χ3n) is 2.47. The van der Waals surface area contributed by atoms with Crippen molar-refractivity contribution in [3.8, 4) is 0 Å². The van der Waals surface area contributed by atoms with Crippen molar-refractivity contribution < 1.29 is 18.3 Å². The van der Waals surface area contributed by atoms with Crippen molar-refractivity contribution in [1.82, 2.24) is 0 Å². The fraction of sp³-hybridized carbons (Fsp3) is 0.167. The van der Waals surface area contributed by atoms with Crippen LogP contribution in [0.25, 0.3) is 0 Å². The predicted octanol–water partition coefficient (Wildman–Crippen LogP) is 4.61. The Kier molecular flexibility index (Phi) is 3.79. The summed E-state index contributed by atoms with van der Waals surface area (Å²) in [6.07, 6.45) is -5.48. The van der Waals surface area contributed by atoms with Gasteiger partial charge in [-0.05, 0) is 40.1 Å². The molecule has 0 amide bonds. The molecule has 0 aliphatic rings. The summed E-state index contributed by atoms with van der Waals surface area (Å²) in [6.45, 7) is 0. The highest BCUT2D eigenvalue weighted by Gasteiger charge is 2.33. The standard InChI is InChI=1S/C12H8BrF3OS/c13-10-2-1-7(5-9(10)12(14,15)16)11(17)8-3-4-18-6-8/h1-6,11,17H. The van der Waals surface area contributed by atoms with E-state index in [4.69, 9.17) is 0 Å². The van der Waals surface area contributed by atoms with Crippen LogP contribution in [0.3, 0.4) is 0 Å². The molecule has 0 saturated carbocycles. The van der Waals surface area contributed by atoms with Crippen LogP contribution < -0.4 is 0 Å². The van der Waals surface area contributed by atoms with E-state index in [0.29, 0.717) is 5.56 Å². The van der Waals surface area contributed by atoms with E-state index in [9.17, 15) is 18.3 Å². The minimum atomic E-state index is -4.44. The number of hydrogen-bond donors (Lipinski definition) is 1. The average Bonchev–Trinajstić information content (AvgIpc) is 2.80. The second-order valence-electron chi connectivity index (χ2n) is 3.70. The molecule has 1 N–H and O–H groups in total. The number of rotatable bonds is 2. The molecule has 2 aromatic rings. The lowest BCUT2D eigenvalue weighted by Gasteiger charge is -2.14. The number of alkyl halides is 3. The Balaban J connectivity index is 2.42. The normalized spacial score (nSPS) is 13.6. The molecular weight excluding hydrogens is 329 g/mol. The molecule has 6 heteroatoms. The van der Waals surface area contributed by atoms with Gasteiger partial charge in [0.25, 0.3) is 0 Å². The van der Waals surface area contributed by atoms with Gasteiger partial charge in [0.05, 0.1) is 5.56 Å². The third-order valence-corrected chi connectivity index (χ3v) is 3.86. The molecule has 0 fully saturated rings. The quantitative estimate of drug-likeness (QED) is 0.848. The minimum absolute atomic E-state index is 0.0312. The molecule has 0 saturated heterocycles. The second kappa shape index (κ2) is 5.03.